The first-order valence-electron chi connectivity index (χ1n) is 4.40. The van der Waals surface area contributed by atoms with Crippen LogP contribution in [0.1, 0.15) is 18.4 Å². The molecule has 1 aromatic rings. The van der Waals surface area contributed by atoms with Gasteiger partial charge in [0.1, 0.15) is 0 Å². The molecule has 0 spiro atoms. The molecule has 2 rings (SSSR count). The lowest BCUT2D eigenvalue weighted by Crippen LogP contribution is -2.36. The second kappa shape index (κ2) is 3.51. The Balaban J connectivity index is 1.69. The fourth-order valence-corrected chi connectivity index (χ4v) is 1.04. The summed E-state index contributed by atoms with van der Waals surface area (Å²) in [5.74, 6) is 0. The van der Waals surface area contributed by atoms with Crippen molar-refractivity contribution in [2.75, 3.05) is 0 Å². The summed E-state index contributed by atoms with van der Waals surface area (Å²) in [5, 5.41) is 5.58. The summed E-state index contributed by atoms with van der Waals surface area (Å²) in [6, 6.07) is 2.14. The normalized spacial score (nSPS) is 15.4. The van der Waals surface area contributed by atoms with Crippen molar-refractivity contribution >= 4 is 6.03 Å². The number of nitrogens with one attached hydrogen (secondary N) is 2. The molecule has 1 fully saturated rings. The monoisotopic (exact) mass is 180 g/mol. The van der Waals surface area contributed by atoms with Crippen molar-refractivity contribution in [2.24, 2.45) is 0 Å². The van der Waals surface area contributed by atoms with Gasteiger partial charge in [-0.1, -0.05) is 0 Å². The van der Waals surface area contributed by atoms with Crippen molar-refractivity contribution in [3.05, 3.63) is 24.2 Å². The van der Waals surface area contributed by atoms with E-state index in [-0.39, 0.29) is 6.03 Å². The summed E-state index contributed by atoms with van der Waals surface area (Å²) in [6.07, 6.45) is 5.44. The molecule has 4 nitrogen and oxygen atoms in total. The van der Waals surface area contributed by atoms with Crippen molar-refractivity contribution < 1.29 is 9.21 Å². The molecule has 0 unspecified atom stereocenters. The smallest absolute Gasteiger partial charge is 0.315 e. The summed E-state index contributed by atoms with van der Waals surface area (Å²) in [4.78, 5) is 11.1. The third-order valence-corrected chi connectivity index (χ3v) is 1.95. The minimum Gasteiger partial charge on any atom is -0.472 e. The number of furan rings is 1. The molecule has 0 bridgehead atoms. The number of hydrogen-bond acceptors (Lipinski definition) is 2. The van der Waals surface area contributed by atoms with Gasteiger partial charge >= 0.3 is 6.03 Å². The number of amides is 2. The van der Waals surface area contributed by atoms with Gasteiger partial charge in [-0.05, 0) is 18.9 Å². The molecule has 2 N–H and O–H groups in total. The van der Waals surface area contributed by atoms with E-state index in [9.17, 15) is 4.79 Å². The van der Waals surface area contributed by atoms with Crippen LogP contribution < -0.4 is 10.6 Å². The van der Waals surface area contributed by atoms with Gasteiger partial charge in [-0.3, -0.25) is 0 Å². The van der Waals surface area contributed by atoms with E-state index in [1.54, 1.807) is 12.5 Å². The third-order valence-electron chi connectivity index (χ3n) is 1.95. The SMILES string of the molecule is O=C(NCc1ccoc1)NC1CC1. The van der Waals surface area contributed by atoms with Gasteiger partial charge in [-0.25, -0.2) is 4.79 Å². The Bertz CT molecular complexity index is 278. The van der Waals surface area contributed by atoms with E-state index in [0.717, 1.165) is 18.4 Å². The van der Waals surface area contributed by atoms with Gasteiger partial charge in [-0.2, -0.15) is 0 Å². The van der Waals surface area contributed by atoms with E-state index in [0.29, 0.717) is 12.6 Å². The van der Waals surface area contributed by atoms with Crippen molar-refractivity contribution in [1.82, 2.24) is 10.6 Å². The maximum absolute atomic E-state index is 11.1. The molecule has 1 aliphatic rings. The van der Waals surface area contributed by atoms with Crippen LogP contribution in [0.4, 0.5) is 4.79 Å². The highest BCUT2D eigenvalue weighted by atomic mass is 16.3. The van der Waals surface area contributed by atoms with E-state index in [1.165, 1.54) is 0 Å². The van der Waals surface area contributed by atoms with Gasteiger partial charge in [0.25, 0.3) is 0 Å². The quantitative estimate of drug-likeness (QED) is 0.735. The van der Waals surface area contributed by atoms with E-state index >= 15 is 0 Å². The molecule has 0 atom stereocenters. The Labute approximate surface area is 76.3 Å². The molecule has 1 heterocycles. The van der Waals surface area contributed by atoms with Crippen LogP contribution in [0.25, 0.3) is 0 Å². The van der Waals surface area contributed by atoms with Gasteiger partial charge in [0.2, 0.25) is 0 Å². The average Bonchev–Trinajstić information content (AvgIpc) is 2.78. The zero-order chi connectivity index (χ0) is 9.10. The number of urea groups is 1. The molecule has 4 heteroatoms. The van der Waals surface area contributed by atoms with Crippen molar-refractivity contribution in [2.45, 2.75) is 25.4 Å². The lowest BCUT2D eigenvalue weighted by Gasteiger charge is -2.03. The zero-order valence-electron chi connectivity index (χ0n) is 7.25. The molecule has 1 aromatic heterocycles. The van der Waals surface area contributed by atoms with Crippen LogP contribution in [0.5, 0.6) is 0 Å². The molecule has 0 radical (unpaired) electrons. The van der Waals surface area contributed by atoms with Gasteiger partial charge in [-0.15, -0.1) is 0 Å². The molecule has 13 heavy (non-hydrogen) atoms. The molecule has 70 valence electrons. The Morgan fingerprint density at radius 3 is 3.08 bits per heavy atom. The molecule has 0 aliphatic heterocycles. The second-order valence-corrected chi connectivity index (χ2v) is 3.23. The van der Waals surface area contributed by atoms with Crippen LogP contribution >= 0.6 is 0 Å². The van der Waals surface area contributed by atoms with Crippen molar-refractivity contribution in [3.8, 4) is 0 Å². The lowest BCUT2D eigenvalue weighted by atomic mass is 10.3. The fourth-order valence-electron chi connectivity index (χ4n) is 1.04. The van der Waals surface area contributed by atoms with Crippen LogP contribution in [0.3, 0.4) is 0 Å². The highest BCUT2D eigenvalue weighted by Gasteiger charge is 2.22. The van der Waals surface area contributed by atoms with Gasteiger partial charge < -0.3 is 15.1 Å². The highest BCUT2D eigenvalue weighted by molar-refractivity contribution is 5.74. The Morgan fingerprint density at radius 1 is 1.62 bits per heavy atom. The number of hydrogen-bond donors (Lipinski definition) is 2. The standard InChI is InChI=1S/C9H12N2O2/c12-9(11-8-1-2-8)10-5-7-3-4-13-6-7/h3-4,6,8H,1-2,5H2,(H2,10,11,12). The van der Waals surface area contributed by atoms with Gasteiger partial charge in [0, 0.05) is 18.2 Å². The van der Waals surface area contributed by atoms with Gasteiger partial charge in [0.05, 0.1) is 12.5 Å². The summed E-state index contributed by atoms with van der Waals surface area (Å²) >= 11 is 0. The molecule has 1 aliphatic carbocycles. The Morgan fingerprint density at radius 2 is 2.46 bits per heavy atom. The van der Waals surface area contributed by atoms with Crippen LogP contribution in [0.15, 0.2) is 23.0 Å². The third kappa shape index (κ3) is 2.50. The Kier molecular flexibility index (Phi) is 2.21. The average molecular weight is 180 g/mol. The first-order chi connectivity index (χ1) is 6.34. The minimum atomic E-state index is -0.0938. The number of carbonyl (C=O) groups excluding carboxylic acids is 1. The largest absolute Gasteiger partial charge is 0.472 e. The first kappa shape index (κ1) is 8.16. The lowest BCUT2D eigenvalue weighted by molar-refractivity contribution is 0.240. The summed E-state index contributed by atoms with van der Waals surface area (Å²) in [7, 11) is 0. The van der Waals surface area contributed by atoms with Gasteiger partial charge in [0.15, 0.2) is 0 Å². The highest BCUT2D eigenvalue weighted by Crippen LogP contribution is 2.18. The summed E-state index contributed by atoms with van der Waals surface area (Å²) < 4.78 is 4.87. The van der Waals surface area contributed by atoms with E-state index in [2.05, 4.69) is 10.6 Å². The zero-order valence-corrected chi connectivity index (χ0v) is 7.25. The molecule has 1 saturated carbocycles. The maximum Gasteiger partial charge on any atom is 0.315 e. The van der Waals surface area contributed by atoms with Crippen LogP contribution in [-0.2, 0) is 6.54 Å². The maximum atomic E-state index is 11.1. The molecular formula is C9H12N2O2. The fraction of sp³-hybridized carbons (Fsp3) is 0.444. The van der Waals surface area contributed by atoms with Crippen molar-refractivity contribution in [3.63, 3.8) is 0 Å². The van der Waals surface area contributed by atoms with Crippen molar-refractivity contribution in [1.29, 1.82) is 0 Å². The second-order valence-electron chi connectivity index (χ2n) is 3.23. The van der Waals surface area contributed by atoms with E-state index in [4.69, 9.17) is 4.42 Å². The molecule has 2 amide bonds. The summed E-state index contributed by atoms with van der Waals surface area (Å²) in [5.41, 5.74) is 0.978. The van der Waals surface area contributed by atoms with Crippen LogP contribution in [-0.4, -0.2) is 12.1 Å². The molecule has 0 aromatic carbocycles. The van der Waals surface area contributed by atoms with Crippen LogP contribution in [0, 0.1) is 0 Å². The molecule has 0 saturated heterocycles. The number of carbonyl (C=O) groups is 1. The molecular weight excluding hydrogens is 168 g/mol. The van der Waals surface area contributed by atoms with E-state index in [1.807, 2.05) is 6.07 Å². The number of rotatable bonds is 3. The first-order valence-corrected chi connectivity index (χ1v) is 4.40. The topological polar surface area (TPSA) is 54.3 Å². The summed E-state index contributed by atoms with van der Waals surface area (Å²) in [6.45, 7) is 0.523. The predicted octanol–water partition coefficient (Wildman–Crippen LogP) is 1.24. The predicted molar refractivity (Wildman–Crippen MR) is 47.1 cm³/mol. The van der Waals surface area contributed by atoms with E-state index < -0.39 is 0 Å². The Hall–Kier alpha value is -1.45. The van der Waals surface area contributed by atoms with Crippen LogP contribution in [0.2, 0.25) is 0 Å². The minimum absolute atomic E-state index is 0.0938.